The Hall–Kier alpha value is -2.40. The Labute approximate surface area is 120 Å². The van der Waals surface area contributed by atoms with Gasteiger partial charge in [-0.2, -0.15) is 0 Å². The first-order chi connectivity index (χ1) is 9.76. The van der Waals surface area contributed by atoms with Gasteiger partial charge in [-0.1, -0.05) is 6.07 Å². The van der Waals surface area contributed by atoms with Crippen LogP contribution in [0.4, 0.5) is 5.69 Å². The van der Waals surface area contributed by atoms with E-state index in [4.69, 9.17) is 4.74 Å². The molecule has 0 unspecified atom stereocenters. The van der Waals surface area contributed by atoms with Gasteiger partial charge >= 0.3 is 0 Å². The fourth-order valence-electron chi connectivity index (χ4n) is 1.90. The van der Waals surface area contributed by atoms with Gasteiger partial charge in [0.25, 0.3) is 5.91 Å². The fourth-order valence-corrected chi connectivity index (χ4v) is 2.62. The first kappa shape index (κ1) is 12.6. The molecule has 100 valence electrons. The maximum absolute atomic E-state index is 12.2. The number of thiazole rings is 1. The zero-order chi connectivity index (χ0) is 13.9. The lowest BCUT2D eigenvalue weighted by atomic mass is 10.2. The van der Waals surface area contributed by atoms with E-state index in [1.807, 2.05) is 18.2 Å². The predicted octanol–water partition coefficient (Wildman–Crippen LogP) is 3.56. The number of fused-ring (bicyclic) bond motifs is 1. The molecule has 20 heavy (non-hydrogen) atoms. The van der Waals surface area contributed by atoms with Gasteiger partial charge in [0.15, 0.2) is 0 Å². The Morgan fingerprint density at radius 3 is 3.00 bits per heavy atom. The van der Waals surface area contributed by atoms with Crippen molar-refractivity contribution in [3.63, 3.8) is 0 Å². The number of hydrogen-bond donors (Lipinski definition) is 1. The minimum Gasteiger partial charge on any atom is -0.497 e. The number of hydrogen-bond acceptors (Lipinski definition) is 4. The van der Waals surface area contributed by atoms with Crippen LogP contribution in [0.5, 0.6) is 5.75 Å². The molecule has 0 radical (unpaired) electrons. The van der Waals surface area contributed by atoms with Gasteiger partial charge in [0.05, 0.1) is 22.8 Å². The van der Waals surface area contributed by atoms with Crippen LogP contribution < -0.4 is 10.1 Å². The quantitative estimate of drug-likeness (QED) is 0.800. The first-order valence-electron chi connectivity index (χ1n) is 6.05. The second-order valence-corrected chi connectivity index (χ2v) is 5.11. The summed E-state index contributed by atoms with van der Waals surface area (Å²) in [6.45, 7) is 0. The molecule has 0 aliphatic carbocycles. The van der Waals surface area contributed by atoms with Crippen LogP contribution in [-0.2, 0) is 0 Å². The van der Waals surface area contributed by atoms with Crippen LogP contribution in [0, 0.1) is 0 Å². The molecule has 1 aromatic heterocycles. The van der Waals surface area contributed by atoms with Gasteiger partial charge in [-0.3, -0.25) is 4.79 Å². The molecule has 1 amide bonds. The number of methoxy groups -OCH3 is 1. The normalized spacial score (nSPS) is 10.4. The van der Waals surface area contributed by atoms with Crippen molar-refractivity contribution in [2.75, 3.05) is 12.4 Å². The van der Waals surface area contributed by atoms with E-state index in [-0.39, 0.29) is 5.91 Å². The van der Waals surface area contributed by atoms with E-state index in [1.54, 1.807) is 48.2 Å². The number of nitrogens with zero attached hydrogens (tertiary/aromatic N) is 1. The van der Waals surface area contributed by atoms with Gasteiger partial charge in [0.2, 0.25) is 0 Å². The molecule has 4 nitrogen and oxygen atoms in total. The summed E-state index contributed by atoms with van der Waals surface area (Å²) in [5.74, 6) is 0.503. The number of amides is 1. The number of benzene rings is 2. The second-order valence-electron chi connectivity index (χ2n) is 4.22. The minimum atomic E-state index is -0.159. The minimum absolute atomic E-state index is 0.159. The average Bonchev–Trinajstić information content (AvgIpc) is 2.95. The standard InChI is InChI=1S/C15H12N2O2S/c1-19-12-4-2-3-10(7-12)15(18)17-11-5-6-13-14(8-11)20-9-16-13/h2-9H,1H3,(H,17,18). The summed E-state index contributed by atoms with van der Waals surface area (Å²) < 4.78 is 6.17. The number of nitrogens with one attached hydrogen (secondary N) is 1. The van der Waals surface area contributed by atoms with E-state index in [2.05, 4.69) is 10.3 Å². The molecule has 3 aromatic rings. The number of ether oxygens (including phenoxy) is 1. The molecule has 0 fully saturated rings. The van der Waals surface area contributed by atoms with Crippen molar-refractivity contribution in [2.45, 2.75) is 0 Å². The lowest BCUT2D eigenvalue weighted by Crippen LogP contribution is -2.11. The molecule has 3 rings (SSSR count). The SMILES string of the molecule is COc1cccc(C(=O)Nc2ccc3ncsc3c2)c1. The molecule has 0 bridgehead atoms. The molecule has 1 heterocycles. The molecule has 0 aliphatic rings. The average molecular weight is 284 g/mol. The maximum atomic E-state index is 12.2. The Balaban J connectivity index is 1.83. The molecule has 0 spiro atoms. The summed E-state index contributed by atoms with van der Waals surface area (Å²) in [7, 11) is 1.58. The van der Waals surface area contributed by atoms with E-state index in [1.165, 1.54) is 0 Å². The molecule has 1 N–H and O–H groups in total. The van der Waals surface area contributed by atoms with Crippen molar-refractivity contribution < 1.29 is 9.53 Å². The van der Waals surface area contributed by atoms with Crippen LogP contribution in [0.1, 0.15) is 10.4 Å². The highest BCUT2D eigenvalue weighted by atomic mass is 32.1. The van der Waals surface area contributed by atoms with Crippen LogP contribution >= 0.6 is 11.3 Å². The highest BCUT2D eigenvalue weighted by molar-refractivity contribution is 7.16. The van der Waals surface area contributed by atoms with Crippen LogP contribution in [0.15, 0.2) is 48.0 Å². The Kier molecular flexibility index (Phi) is 3.35. The summed E-state index contributed by atoms with van der Waals surface area (Å²) in [5, 5.41) is 2.88. The Bertz CT molecular complexity index is 767. The van der Waals surface area contributed by atoms with E-state index in [9.17, 15) is 4.79 Å². The third-order valence-corrected chi connectivity index (χ3v) is 3.71. The predicted molar refractivity (Wildman–Crippen MR) is 80.6 cm³/mol. The van der Waals surface area contributed by atoms with Crippen molar-refractivity contribution in [2.24, 2.45) is 0 Å². The zero-order valence-electron chi connectivity index (χ0n) is 10.8. The van der Waals surface area contributed by atoms with Crippen LogP contribution in [0.25, 0.3) is 10.2 Å². The van der Waals surface area contributed by atoms with Crippen molar-refractivity contribution in [1.82, 2.24) is 4.98 Å². The van der Waals surface area contributed by atoms with Gasteiger partial charge in [0, 0.05) is 11.3 Å². The summed E-state index contributed by atoms with van der Waals surface area (Å²) in [6.07, 6.45) is 0. The summed E-state index contributed by atoms with van der Waals surface area (Å²) in [4.78, 5) is 16.4. The molecule has 2 aromatic carbocycles. The molecule has 5 heteroatoms. The van der Waals surface area contributed by atoms with Crippen LogP contribution in [0.2, 0.25) is 0 Å². The van der Waals surface area contributed by atoms with Crippen molar-refractivity contribution in [3.05, 3.63) is 53.5 Å². The molecular weight excluding hydrogens is 272 g/mol. The van der Waals surface area contributed by atoms with E-state index >= 15 is 0 Å². The van der Waals surface area contributed by atoms with Gasteiger partial charge in [-0.05, 0) is 36.4 Å². The van der Waals surface area contributed by atoms with Gasteiger partial charge in [0.1, 0.15) is 5.75 Å². The summed E-state index contributed by atoms with van der Waals surface area (Å²) in [5.41, 5.74) is 4.05. The third kappa shape index (κ3) is 2.48. The van der Waals surface area contributed by atoms with E-state index < -0.39 is 0 Å². The van der Waals surface area contributed by atoms with Crippen LogP contribution in [0.3, 0.4) is 0 Å². The molecular formula is C15H12N2O2S. The summed E-state index contributed by atoms with van der Waals surface area (Å²) in [6, 6.07) is 12.7. The smallest absolute Gasteiger partial charge is 0.255 e. The zero-order valence-corrected chi connectivity index (χ0v) is 11.6. The van der Waals surface area contributed by atoms with Crippen LogP contribution in [-0.4, -0.2) is 18.0 Å². The van der Waals surface area contributed by atoms with Gasteiger partial charge < -0.3 is 10.1 Å². The van der Waals surface area contributed by atoms with Crippen molar-refractivity contribution >= 4 is 33.1 Å². The number of anilines is 1. The number of rotatable bonds is 3. The second kappa shape index (κ2) is 5.30. The first-order valence-corrected chi connectivity index (χ1v) is 6.93. The Morgan fingerprint density at radius 2 is 2.15 bits per heavy atom. The summed E-state index contributed by atoms with van der Waals surface area (Å²) >= 11 is 1.55. The molecule has 0 saturated heterocycles. The fraction of sp³-hybridized carbons (Fsp3) is 0.0667. The topological polar surface area (TPSA) is 51.2 Å². The molecule has 0 atom stereocenters. The number of aromatic nitrogens is 1. The maximum Gasteiger partial charge on any atom is 0.255 e. The van der Waals surface area contributed by atoms with E-state index in [0.717, 1.165) is 15.9 Å². The monoisotopic (exact) mass is 284 g/mol. The molecule has 0 saturated carbocycles. The van der Waals surface area contributed by atoms with Crippen molar-refractivity contribution in [1.29, 1.82) is 0 Å². The highest BCUT2D eigenvalue weighted by Crippen LogP contribution is 2.22. The Morgan fingerprint density at radius 1 is 1.25 bits per heavy atom. The number of carbonyl (C=O) groups excluding carboxylic acids is 1. The molecule has 0 aliphatic heterocycles. The number of carbonyl (C=O) groups is 1. The lowest BCUT2D eigenvalue weighted by molar-refractivity contribution is 0.102. The van der Waals surface area contributed by atoms with Gasteiger partial charge in [-0.15, -0.1) is 11.3 Å². The lowest BCUT2D eigenvalue weighted by Gasteiger charge is -2.06. The third-order valence-electron chi connectivity index (χ3n) is 2.92. The van der Waals surface area contributed by atoms with E-state index in [0.29, 0.717) is 11.3 Å². The highest BCUT2D eigenvalue weighted by Gasteiger charge is 2.08. The van der Waals surface area contributed by atoms with Gasteiger partial charge in [-0.25, -0.2) is 4.98 Å². The van der Waals surface area contributed by atoms with Crippen molar-refractivity contribution in [3.8, 4) is 5.75 Å². The largest absolute Gasteiger partial charge is 0.497 e.